The van der Waals surface area contributed by atoms with E-state index in [-0.39, 0.29) is 12.5 Å². The van der Waals surface area contributed by atoms with Crippen molar-refractivity contribution in [1.29, 1.82) is 0 Å². The van der Waals surface area contributed by atoms with E-state index in [1.807, 2.05) is 36.4 Å². The predicted molar refractivity (Wildman–Crippen MR) is 169 cm³/mol. The molecule has 1 amide bonds. The van der Waals surface area contributed by atoms with Crippen LogP contribution in [0, 0.1) is 12.3 Å². The van der Waals surface area contributed by atoms with Crippen molar-refractivity contribution < 1.29 is 28.9 Å². The summed E-state index contributed by atoms with van der Waals surface area (Å²) >= 11 is 0. The van der Waals surface area contributed by atoms with Crippen LogP contribution in [0.1, 0.15) is 25.7 Å². The molecular formula is C33H40N2O6P+. The Morgan fingerprint density at radius 2 is 1.26 bits per heavy atom. The van der Waals surface area contributed by atoms with Gasteiger partial charge < -0.3 is 24.6 Å². The summed E-state index contributed by atoms with van der Waals surface area (Å²) in [5.41, 5.74) is 0. The van der Waals surface area contributed by atoms with Gasteiger partial charge in [0.1, 0.15) is 46.5 Å². The van der Waals surface area contributed by atoms with Crippen LogP contribution in [0.4, 0.5) is 0 Å². The number of ether oxygens (including phenoxy) is 3. The van der Waals surface area contributed by atoms with E-state index in [0.29, 0.717) is 38.4 Å². The molecule has 0 unspecified atom stereocenters. The number of amides is 1. The van der Waals surface area contributed by atoms with E-state index in [4.69, 9.17) is 20.6 Å². The van der Waals surface area contributed by atoms with E-state index in [9.17, 15) is 14.7 Å². The quantitative estimate of drug-likeness (QED) is 0.126. The molecule has 3 rings (SSSR count). The van der Waals surface area contributed by atoms with Crippen LogP contribution in [0.25, 0.3) is 0 Å². The number of carbonyl (C=O) groups is 2. The third kappa shape index (κ3) is 8.48. The number of carbonyl (C=O) groups excluding carboxylic acids is 1. The van der Waals surface area contributed by atoms with Crippen molar-refractivity contribution in [2.24, 2.45) is 0 Å². The molecule has 0 aliphatic carbocycles. The van der Waals surface area contributed by atoms with E-state index in [0.717, 1.165) is 33.2 Å². The maximum absolute atomic E-state index is 13.1. The van der Waals surface area contributed by atoms with Crippen LogP contribution in [0.2, 0.25) is 0 Å². The number of carboxylic acid groups (broad SMARTS) is 1. The molecule has 1 atom stereocenters. The molecular weight excluding hydrogens is 551 g/mol. The summed E-state index contributed by atoms with van der Waals surface area (Å²) in [7, 11) is 2.63. The Morgan fingerprint density at radius 3 is 1.64 bits per heavy atom. The zero-order valence-electron chi connectivity index (χ0n) is 24.5. The fourth-order valence-electron chi connectivity index (χ4n) is 4.90. The summed E-state index contributed by atoms with van der Waals surface area (Å²) in [5, 5.41) is 18.6. The highest BCUT2D eigenvalue weighted by molar-refractivity contribution is 7.95. The van der Waals surface area contributed by atoms with Crippen molar-refractivity contribution in [2.45, 2.75) is 31.7 Å². The second-order valence-corrected chi connectivity index (χ2v) is 13.3. The van der Waals surface area contributed by atoms with Crippen LogP contribution in [0.15, 0.2) is 72.8 Å². The molecule has 3 N–H and O–H groups in total. The Morgan fingerprint density at radius 1 is 0.810 bits per heavy atom. The molecule has 3 aromatic carbocycles. The molecule has 9 heteroatoms. The molecule has 222 valence electrons. The first-order valence-electron chi connectivity index (χ1n) is 13.9. The normalized spacial score (nSPS) is 11.7. The van der Waals surface area contributed by atoms with Crippen LogP contribution in [-0.4, -0.2) is 63.6 Å². The first kappa shape index (κ1) is 32.5. The number of benzene rings is 3. The third-order valence-electron chi connectivity index (χ3n) is 7.20. The van der Waals surface area contributed by atoms with Crippen LogP contribution in [0.5, 0.6) is 17.2 Å². The number of carboxylic acids is 1. The fraction of sp³-hybridized carbons (Fsp3) is 0.333. The number of hydrogen-bond donors (Lipinski definition) is 3. The van der Waals surface area contributed by atoms with Crippen molar-refractivity contribution in [2.75, 3.05) is 40.6 Å². The zero-order valence-corrected chi connectivity index (χ0v) is 25.4. The SMILES string of the molecule is C#CCN[C@@H](CCCCNC(=O)CC[P+](c1ccc(OC)cc1)(c1ccc(OC)cc1)c1ccc(OC)cc1)C(=O)O. The molecule has 0 saturated carbocycles. The zero-order chi connectivity index (χ0) is 30.4. The lowest BCUT2D eigenvalue weighted by atomic mass is 10.1. The standard InChI is InChI=1S/C33H39N2O6P/c1-5-22-34-31(33(37)38)8-6-7-23-35-32(36)21-24-42(28-15-9-25(39-2)10-16-28,29-17-11-26(40-3)12-18-29)30-19-13-27(41-4)14-20-30/h1,9-20,31,34H,6-8,21-24H2,2-4H3,(H-,35,36,37,38)/p+1/t31-/m0/s1. The highest BCUT2D eigenvalue weighted by Crippen LogP contribution is 2.56. The lowest BCUT2D eigenvalue weighted by Gasteiger charge is -2.28. The van der Waals surface area contributed by atoms with E-state index in [1.54, 1.807) is 21.3 Å². The summed E-state index contributed by atoms with van der Waals surface area (Å²) in [6.45, 7) is 0.675. The monoisotopic (exact) mass is 591 g/mol. The van der Waals surface area contributed by atoms with Gasteiger partial charge in [0.2, 0.25) is 5.91 Å². The molecule has 8 nitrogen and oxygen atoms in total. The topological polar surface area (TPSA) is 106 Å². The average molecular weight is 592 g/mol. The average Bonchev–Trinajstić information content (AvgIpc) is 3.03. The van der Waals surface area contributed by atoms with Crippen LogP contribution in [0.3, 0.4) is 0 Å². The van der Waals surface area contributed by atoms with Crippen molar-refractivity contribution in [3.8, 4) is 29.6 Å². The Hall–Kier alpha value is -4.05. The summed E-state index contributed by atoms with van der Waals surface area (Å²) in [6, 6.07) is 23.6. The number of methoxy groups -OCH3 is 3. The van der Waals surface area contributed by atoms with Gasteiger partial charge in [0, 0.05) is 6.54 Å². The molecule has 0 heterocycles. The van der Waals surface area contributed by atoms with Gasteiger partial charge in [0.15, 0.2) is 0 Å². The smallest absolute Gasteiger partial charge is 0.320 e. The van der Waals surface area contributed by atoms with Gasteiger partial charge in [0.25, 0.3) is 0 Å². The van der Waals surface area contributed by atoms with E-state index < -0.39 is 19.3 Å². The van der Waals surface area contributed by atoms with E-state index >= 15 is 0 Å². The molecule has 0 saturated heterocycles. The van der Waals surface area contributed by atoms with Gasteiger partial charge in [-0.25, -0.2) is 0 Å². The minimum Gasteiger partial charge on any atom is -0.497 e. The number of aliphatic carboxylic acids is 1. The van der Waals surface area contributed by atoms with Gasteiger partial charge >= 0.3 is 5.97 Å². The second kappa shape index (κ2) is 16.4. The van der Waals surface area contributed by atoms with Gasteiger partial charge in [-0.3, -0.25) is 14.9 Å². The van der Waals surface area contributed by atoms with E-state index in [1.165, 1.54) is 0 Å². The van der Waals surface area contributed by atoms with E-state index in [2.05, 4.69) is 53.0 Å². The summed E-state index contributed by atoms with van der Waals surface area (Å²) in [5.74, 6) is 3.72. The molecule has 3 aromatic rings. The van der Waals surface area contributed by atoms with Gasteiger partial charge in [-0.05, 0) is 92.1 Å². The minimum atomic E-state index is -2.30. The number of terminal acetylenes is 1. The number of hydrogen-bond acceptors (Lipinski definition) is 6. The molecule has 42 heavy (non-hydrogen) atoms. The van der Waals surface area contributed by atoms with Crippen LogP contribution in [-0.2, 0) is 9.59 Å². The molecule has 0 aromatic heterocycles. The van der Waals surface area contributed by atoms with Crippen LogP contribution >= 0.6 is 7.26 Å². The lowest BCUT2D eigenvalue weighted by molar-refractivity contribution is -0.139. The summed E-state index contributed by atoms with van der Waals surface area (Å²) in [4.78, 5) is 24.5. The van der Waals surface area contributed by atoms with Gasteiger partial charge in [-0.15, -0.1) is 6.42 Å². The third-order valence-corrected chi connectivity index (χ3v) is 11.6. The highest BCUT2D eigenvalue weighted by atomic mass is 31.2. The molecule has 0 fully saturated rings. The van der Waals surface area contributed by atoms with Crippen molar-refractivity contribution in [1.82, 2.24) is 10.6 Å². The van der Waals surface area contributed by atoms with Crippen molar-refractivity contribution in [3.05, 3.63) is 72.8 Å². The van der Waals surface area contributed by atoms with Crippen molar-refractivity contribution >= 4 is 35.1 Å². The first-order chi connectivity index (χ1) is 20.4. The predicted octanol–water partition coefficient (Wildman–Crippen LogP) is 3.36. The summed E-state index contributed by atoms with van der Waals surface area (Å²) in [6.07, 6.45) is 7.92. The number of nitrogens with one attached hydrogen (secondary N) is 2. The summed E-state index contributed by atoms with van der Waals surface area (Å²) < 4.78 is 16.3. The maximum Gasteiger partial charge on any atom is 0.320 e. The molecule has 0 aliphatic heterocycles. The Kier molecular flexibility index (Phi) is 12.7. The number of rotatable bonds is 17. The molecule has 0 aliphatic rings. The maximum atomic E-state index is 13.1. The molecule has 0 spiro atoms. The Labute approximate surface area is 249 Å². The van der Waals surface area contributed by atoms with Gasteiger partial charge in [0.05, 0.1) is 40.5 Å². The highest BCUT2D eigenvalue weighted by Gasteiger charge is 2.45. The lowest BCUT2D eigenvalue weighted by Crippen LogP contribution is -2.37. The van der Waals surface area contributed by atoms with Crippen LogP contribution < -0.4 is 40.8 Å². The first-order valence-corrected chi connectivity index (χ1v) is 15.8. The second-order valence-electron chi connectivity index (χ2n) is 9.70. The molecule has 0 radical (unpaired) electrons. The Bertz CT molecular complexity index is 1200. The number of unbranched alkanes of at least 4 members (excludes halogenated alkanes) is 1. The fourth-order valence-corrected chi connectivity index (χ4v) is 9.08. The van der Waals surface area contributed by atoms with Gasteiger partial charge in [-0.1, -0.05) is 5.92 Å². The largest absolute Gasteiger partial charge is 0.497 e. The van der Waals surface area contributed by atoms with Gasteiger partial charge in [-0.2, -0.15) is 0 Å². The molecule has 0 bridgehead atoms. The minimum absolute atomic E-state index is 0.0462. The Balaban J connectivity index is 1.83. The van der Waals surface area contributed by atoms with Crippen molar-refractivity contribution in [3.63, 3.8) is 0 Å².